The Morgan fingerprint density at radius 1 is 1.44 bits per heavy atom. The molecule has 1 aromatic rings. The van der Waals surface area contributed by atoms with Crippen LogP contribution in [0.15, 0.2) is 12.1 Å². The quantitative estimate of drug-likeness (QED) is 0.459. The van der Waals surface area contributed by atoms with Crippen LogP contribution in [0.3, 0.4) is 0 Å². The summed E-state index contributed by atoms with van der Waals surface area (Å²) in [4.78, 5) is 9.82. The summed E-state index contributed by atoms with van der Waals surface area (Å²) in [6.07, 6.45) is -4.64. The Balaban J connectivity index is 3.56. The summed E-state index contributed by atoms with van der Waals surface area (Å²) in [6.45, 7) is 1.37. The first-order chi connectivity index (χ1) is 7.29. The van der Waals surface area contributed by atoms with E-state index in [0.717, 1.165) is 12.1 Å². The second-order valence-electron chi connectivity index (χ2n) is 3.15. The summed E-state index contributed by atoms with van der Waals surface area (Å²) in [5.74, 6) is -0.549. The topological polar surface area (TPSA) is 43.1 Å². The minimum Gasteiger partial charge on any atom is -0.258 e. The number of rotatable bonds is 2. The Morgan fingerprint density at radius 2 is 2.00 bits per heavy atom. The van der Waals surface area contributed by atoms with Gasteiger partial charge < -0.3 is 0 Å². The molecule has 0 atom stereocenters. The number of alkyl halides is 4. The Hall–Kier alpha value is -1.30. The van der Waals surface area contributed by atoms with E-state index in [1.54, 1.807) is 0 Å². The summed E-state index contributed by atoms with van der Waals surface area (Å²) >= 11 is 5.35. The van der Waals surface area contributed by atoms with E-state index in [2.05, 4.69) is 0 Å². The minimum atomic E-state index is -4.64. The molecule has 0 amide bonds. The van der Waals surface area contributed by atoms with Gasteiger partial charge in [-0.2, -0.15) is 13.2 Å². The third-order valence-corrected chi connectivity index (χ3v) is 2.37. The van der Waals surface area contributed by atoms with Gasteiger partial charge in [-0.1, -0.05) is 6.07 Å². The van der Waals surface area contributed by atoms with Gasteiger partial charge in [-0.05, 0) is 13.0 Å². The number of halogens is 4. The van der Waals surface area contributed by atoms with Gasteiger partial charge in [-0.3, -0.25) is 10.1 Å². The van der Waals surface area contributed by atoms with Crippen LogP contribution in [0.1, 0.15) is 16.7 Å². The normalized spacial score (nSPS) is 11.6. The van der Waals surface area contributed by atoms with Crippen LogP contribution in [0.4, 0.5) is 18.9 Å². The zero-order valence-corrected chi connectivity index (χ0v) is 8.89. The molecule has 7 heteroatoms. The van der Waals surface area contributed by atoms with Gasteiger partial charge in [0, 0.05) is 5.56 Å². The van der Waals surface area contributed by atoms with Gasteiger partial charge in [0.05, 0.1) is 21.9 Å². The van der Waals surface area contributed by atoms with Crippen molar-refractivity contribution in [3.8, 4) is 0 Å². The highest BCUT2D eigenvalue weighted by Crippen LogP contribution is 2.38. The van der Waals surface area contributed by atoms with E-state index in [-0.39, 0.29) is 5.56 Å². The lowest BCUT2D eigenvalue weighted by Crippen LogP contribution is -2.11. The molecular weight excluding hydrogens is 247 g/mol. The Kier molecular flexibility index (Phi) is 3.42. The molecule has 0 saturated carbocycles. The first kappa shape index (κ1) is 12.8. The first-order valence-corrected chi connectivity index (χ1v) is 4.72. The van der Waals surface area contributed by atoms with Crippen LogP contribution in [-0.2, 0) is 12.1 Å². The highest BCUT2D eigenvalue weighted by atomic mass is 35.5. The molecule has 0 aliphatic carbocycles. The number of nitro benzene ring substituents is 1. The summed E-state index contributed by atoms with van der Waals surface area (Å²) in [6, 6.07) is 1.87. The van der Waals surface area contributed by atoms with Crippen LogP contribution in [0.5, 0.6) is 0 Å². The van der Waals surface area contributed by atoms with Crippen LogP contribution >= 0.6 is 11.6 Å². The average Bonchev–Trinajstić information content (AvgIpc) is 2.14. The van der Waals surface area contributed by atoms with Gasteiger partial charge in [0.1, 0.15) is 0 Å². The first-order valence-electron chi connectivity index (χ1n) is 4.19. The Bertz CT molecular complexity index is 431. The minimum absolute atomic E-state index is 0.161. The lowest BCUT2D eigenvalue weighted by Gasteiger charge is -2.12. The zero-order chi connectivity index (χ0) is 12.5. The van der Waals surface area contributed by atoms with Crippen LogP contribution in [-0.4, -0.2) is 4.92 Å². The lowest BCUT2D eigenvalue weighted by molar-refractivity contribution is -0.386. The van der Waals surface area contributed by atoms with E-state index in [4.69, 9.17) is 11.6 Å². The molecule has 1 aromatic carbocycles. The lowest BCUT2D eigenvalue weighted by atomic mass is 10.0. The molecule has 0 radical (unpaired) electrons. The van der Waals surface area contributed by atoms with Gasteiger partial charge in [-0.25, -0.2) is 0 Å². The molecule has 0 heterocycles. The maximum Gasteiger partial charge on any atom is 0.416 e. The standard InChI is InChI=1S/C9H7ClF3NO2/c1-5-2-3-7(9(11,12)13)6(4-10)8(5)14(15)16/h2-3H,4H2,1H3. The molecule has 3 nitrogen and oxygen atoms in total. The zero-order valence-electron chi connectivity index (χ0n) is 8.14. The van der Waals surface area contributed by atoms with Gasteiger partial charge in [0.15, 0.2) is 0 Å². The maximum atomic E-state index is 12.5. The summed E-state index contributed by atoms with van der Waals surface area (Å²) in [7, 11) is 0. The number of benzene rings is 1. The molecule has 1 rings (SSSR count). The Labute approximate surface area is 94.0 Å². The molecule has 16 heavy (non-hydrogen) atoms. The average molecular weight is 254 g/mol. The van der Waals surface area contributed by atoms with Crippen molar-refractivity contribution in [3.63, 3.8) is 0 Å². The SMILES string of the molecule is Cc1ccc(C(F)(F)F)c(CCl)c1[N+](=O)[O-]. The van der Waals surface area contributed by atoms with Crippen molar-refractivity contribution < 1.29 is 18.1 Å². The fourth-order valence-corrected chi connectivity index (χ4v) is 1.68. The fourth-order valence-electron chi connectivity index (χ4n) is 1.41. The third-order valence-electron chi connectivity index (χ3n) is 2.11. The van der Waals surface area contributed by atoms with E-state index in [1.807, 2.05) is 0 Å². The second-order valence-corrected chi connectivity index (χ2v) is 3.41. The number of nitro groups is 1. The van der Waals surface area contributed by atoms with E-state index in [9.17, 15) is 23.3 Å². The van der Waals surface area contributed by atoms with E-state index < -0.39 is 33.8 Å². The smallest absolute Gasteiger partial charge is 0.258 e. The highest BCUT2D eigenvalue weighted by Gasteiger charge is 2.36. The van der Waals surface area contributed by atoms with Crippen molar-refractivity contribution >= 4 is 17.3 Å². The van der Waals surface area contributed by atoms with Crippen LogP contribution in [0.25, 0.3) is 0 Å². The van der Waals surface area contributed by atoms with Crippen molar-refractivity contribution in [2.75, 3.05) is 0 Å². The molecule has 0 N–H and O–H groups in total. The second kappa shape index (κ2) is 4.29. The molecule has 0 spiro atoms. The third kappa shape index (κ3) is 2.27. The van der Waals surface area contributed by atoms with Crippen molar-refractivity contribution in [2.24, 2.45) is 0 Å². The van der Waals surface area contributed by atoms with Crippen LogP contribution < -0.4 is 0 Å². The molecule has 0 fully saturated rings. The van der Waals surface area contributed by atoms with E-state index >= 15 is 0 Å². The van der Waals surface area contributed by atoms with E-state index in [1.165, 1.54) is 6.92 Å². The number of hydrogen-bond acceptors (Lipinski definition) is 2. The summed E-state index contributed by atoms with van der Waals surface area (Å²) in [5, 5.41) is 10.7. The van der Waals surface area contributed by atoms with Crippen molar-refractivity contribution in [1.29, 1.82) is 0 Å². The molecule has 0 aromatic heterocycles. The predicted octanol–water partition coefficient (Wildman–Crippen LogP) is 3.66. The molecule has 0 unspecified atom stereocenters. The molecule has 0 aliphatic heterocycles. The predicted molar refractivity (Wildman–Crippen MR) is 52.4 cm³/mol. The Morgan fingerprint density at radius 3 is 2.38 bits per heavy atom. The van der Waals surface area contributed by atoms with Crippen molar-refractivity contribution in [2.45, 2.75) is 19.0 Å². The summed E-state index contributed by atoms with van der Waals surface area (Å²) in [5.41, 5.74) is -1.95. The van der Waals surface area contributed by atoms with Gasteiger partial charge in [0.2, 0.25) is 0 Å². The van der Waals surface area contributed by atoms with Gasteiger partial charge in [-0.15, -0.1) is 11.6 Å². The molecule has 88 valence electrons. The monoisotopic (exact) mass is 253 g/mol. The molecule has 0 aliphatic rings. The maximum absolute atomic E-state index is 12.5. The van der Waals surface area contributed by atoms with Crippen LogP contribution in [0, 0.1) is 17.0 Å². The van der Waals surface area contributed by atoms with E-state index in [0.29, 0.717) is 0 Å². The molecular formula is C9H7ClF3NO2. The highest BCUT2D eigenvalue weighted by molar-refractivity contribution is 6.17. The molecule has 0 saturated heterocycles. The summed E-state index contributed by atoms with van der Waals surface area (Å²) < 4.78 is 37.6. The molecule has 0 bridgehead atoms. The van der Waals surface area contributed by atoms with Crippen molar-refractivity contribution in [1.82, 2.24) is 0 Å². The number of hydrogen-bond donors (Lipinski definition) is 0. The largest absolute Gasteiger partial charge is 0.416 e. The number of aryl methyl sites for hydroxylation is 1. The van der Waals surface area contributed by atoms with Gasteiger partial charge in [0.25, 0.3) is 5.69 Å². The van der Waals surface area contributed by atoms with Crippen molar-refractivity contribution in [3.05, 3.63) is 38.9 Å². The number of nitrogens with zero attached hydrogens (tertiary/aromatic N) is 1. The fraction of sp³-hybridized carbons (Fsp3) is 0.333. The van der Waals surface area contributed by atoms with Gasteiger partial charge >= 0.3 is 6.18 Å². The van der Waals surface area contributed by atoms with Crippen LogP contribution in [0.2, 0.25) is 0 Å².